The molecule has 2 N–H and O–H groups in total. The minimum Gasteiger partial charge on any atom is -0.392 e. The number of sulfonamides is 1. The molecule has 6 heteroatoms. The molecule has 0 saturated heterocycles. The van der Waals surface area contributed by atoms with Gasteiger partial charge in [-0.1, -0.05) is 0 Å². The van der Waals surface area contributed by atoms with Crippen LogP contribution < -0.4 is 4.72 Å². The van der Waals surface area contributed by atoms with E-state index < -0.39 is 16.1 Å². The smallest absolute Gasteiger partial charge is 0.240 e. The first-order valence-electron chi connectivity index (χ1n) is 5.05. The van der Waals surface area contributed by atoms with E-state index in [1.807, 2.05) is 6.07 Å². The number of nitrogens with one attached hydrogen (secondary N) is 1. The van der Waals surface area contributed by atoms with E-state index in [1.54, 1.807) is 6.92 Å². The number of benzene rings is 1. The Balaban J connectivity index is 3.04. The van der Waals surface area contributed by atoms with Gasteiger partial charge in [-0.25, -0.2) is 13.1 Å². The summed E-state index contributed by atoms with van der Waals surface area (Å²) >= 11 is 0. The van der Waals surface area contributed by atoms with Gasteiger partial charge in [0, 0.05) is 6.54 Å². The average Bonchev–Trinajstić information content (AvgIpc) is 2.26. The Kier molecular flexibility index (Phi) is 4.23. The molecule has 0 amide bonds. The second-order valence-electron chi connectivity index (χ2n) is 3.79. The van der Waals surface area contributed by atoms with Gasteiger partial charge in [-0.05, 0) is 37.6 Å². The van der Waals surface area contributed by atoms with E-state index in [9.17, 15) is 8.42 Å². The molecule has 17 heavy (non-hydrogen) atoms. The van der Waals surface area contributed by atoms with Gasteiger partial charge in [-0.2, -0.15) is 5.26 Å². The van der Waals surface area contributed by atoms with Gasteiger partial charge in [0.15, 0.2) is 0 Å². The molecule has 0 fully saturated rings. The van der Waals surface area contributed by atoms with Crippen LogP contribution in [0, 0.1) is 18.3 Å². The van der Waals surface area contributed by atoms with Crippen molar-refractivity contribution in [2.24, 2.45) is 0 Å². The third-order valence-electron chi connectivity index (χ3n) is 2.16. The maximum atomic E-state index is 11.9. The summed E-state index contributed by atoms with van der Waals surface area (Å²) < 4.78 is 26.0. The van der Waals surface area contributed by atoms with E-state index in [0.717, 1.165) is 0 Å². The summed E-state index contributed by atoms with van der Waals surface area (Å²) in [6.45, 7) is 3.08. The number of aryl methyl sites for hydroxylation is 1. The van der Waals surface area contributed by atoms with Gasteiger partial charge in [-0.3, -0.25) is 0 Å². The molecule has 0 aliphatic carbocycles. The summed E-state index contributed by atoms with van der Waals surface area (Å²) in [5.41, 5.74) is 0.916. The number of aliphatic hydroxyl groups excluding tert-OH is 1. The zero-order valence-corrected chi connectivity index (χ0v) is 10.5. The molecule has 0 spiro atoms. The van der Waals surface area contributed by atoms with Crippen molar-refractivity contribution in [1.82, 2.24) is 4.72 Å². The van der Waals surface area contributed by atoms with Crippen LogP contribution in [0.3, 0.4) is 0 Å². The fourth-order valence-electron chi connectivity index (χ4n) is 1.33. The largest absolute Gasteiger partial charge is 0.392 e. The number of hydrogen-bond acceptors (Lipinski definition) is 4. The highest BCUT2D eigenvalue weighted by molar-refractivity contribution is 7.89. The molecular formula is C11H14N2O3S. The van der Waals surface area contributed by atoms with Crippen molar-refractivity contribution in [3.63, 3.8) is 0 Å². The van der Waals surface area contributed by atoms with Gasteiger partial charge in [0.1, 0.15) is 0 Å². The second kappa shape index (κ2) is 5.27. The van der Waals surface area contributed by atoms with Crippen LogP contribution in [0.5, 0.6) is 0 Å². The zero-order valence-electron chi connectivity index (χ0n) is 9.64. The normalized spacial score (nSPS) is 13.1. The summed E-state index contributed by atoms with van der Waals surface area (Å²) in [4.78, 5) is 0.122. The molecule has 1 aromatic carbocycles. The van der Waals surface area contributed by atoms with Gasteiger partial charge in [-0.15, -0.1) is 0 Å². The molecule has 1 aromatic rings. The molecule has 92 valence electrons. The van der Waals surface area contributed by atoms with Gasteiger partial charge >= 0.3 is 0 Å². The van der Waals surface area contributed by atoms with E-state index in [4.69, 9.17) is 10.4 Å². The lowest BCUT2D eigenvalue weighted by Crippen LogP contribution is -2.31. The van der Waals surface area contributed by atoms with Crippen LogP contribution in [-0.4, -0.2) is 26.2 Å². The van der Waals surface area contributed by atoms with E-state index >= 15 is 0 Å². The molecule has 0 saturated carbocycles. The molecule has 5 nitrogen and oxygen atoms in total. The monoisotopic (exact) mass is 254 g/mol. The molecule has 1 rings (SSSR count). The van der Waals surface area contributed by atoms with E-state index in [-0.39, 0.29) is 11.4 Å². The topological polar surface area (TPSA) is 90.2 Å². The third-order valence-corrected chi connectivity index (χ3v) is 3.75. The molecular weight excluding hydrogens is 240 g/mol. The Morgan fingerprint density at radius 3 is 2.65 bits per heavy atom. The Morgan fingerprint density at radius 1 is 1.53 bits per heavy atom. The minimum atomic E-state index is -3.63. The van der Waals surface area contributed by atoms with Gasteiger partial charge in [0.25, 0.3) is 0 Å². The Morgan fingerprint density at radius 2 is 2.18 bits per heavy atom. The van der Waals surface area contributed by atoms with Crippen LogP contribution in [0.15, 0.2) is 23.1 Å². The molecule has 1 atom stereocenters. The molecule has 0 aromatic heterocycles. The van der Waals surface area contributed by atoms with Crippen molar-refractivity contribution >= 4 is 10.0 Å². The second-order valence-corrected chi connectivity index (χ2v) is 5.53. The summed E-state index contributed by atoms with van der Waals surface area (Å²) in [5, 5.41) is 17.7. The Labute approximate surface area is 101 Å². The van der Waals surface area contributed by atoms with Crippen LogP contribution in [0.1, 0.15) is 18.1 Å². The minimum absolute atomic E-state index is 0.0399. The van der Waals surface area contributed by atoms with E-state index in [1.165, 1.54) is 25.1 Å². The summed E-state index contributed by atoms with van der Waals surface area (Å²) in [7, 11) is -3.63. The van der Waals surface area contributed by atoms with Crippen molar-refractivity contribution in [3.8, 4) is 6.07 Å². The number of nitriles is 1. The SMILES string of the molecule is Cc1cc(C#N)ccc1S(=O)(=O)NC[C@H](C)O. The van der Waals surface area contributed by atoms with Gasteiger partial charge < -0.3 is 5.11 Å². The maximum Gasteiger partial charge on any atom is 0.240 e. The highest BCUT2D eigenvalue weighted by Crippen LogP contribution is 2.16. The summed E-state index contributed by atoms with van der Waals surface area (Å²) in [5.74, 6) is 0. The van der Waals surface area contributed by atoms with Gasteiger partial charge in [0.2, 0.25) is 10.0 Å². The average molecular weight is 254 g/mol. The lowest BCUT2D eigenvalue weighted by Gasteiger charge is -2.10. The number of aliphatic hydroxyl groups is 1. The van der Waals surface area contributed by atoms with Gasteiger partial charge in [0.05, 0.1) is 22.6 Å². The van der Waals surface area contributed by atoms with E-state index in [2.05, 4.69) is 4.72 Å². The van der Waals surface area contributed by atoms with E-state index in [0.29, 0.717) is 11.1 Å². The van der Waals surface area contributed by atoms with Crippen molar-refractivity contribution in [3.05, 3.63) is 29.3 Å². The first-order valence-corrected chi connectivity index (χ1v) is 6.53. The molecule has 0 unspecified atom stereocenters. The molecule has 0 radical (unpaired) electrons. The Hall–Kier alpha value is -1.42. The summed E-state index contributed by atoms with van der Waals surface area (Å²) in [6.07, 6.45) is -0.747. The number of rotatable bonds is 4. The number of hydrogen-bond donors (Lipinski definition) is 2. The first-order chi connectivity index (χ1) is 7.86. The lowest BCUT2D eigenvalue weighted by atomic mass is 10.2. The van der Waals surface area contributed by atoms with Crippen LogP contribution >= 0.6 is 0 Å². The highest BCUT2D eigenvalue weighted by Gasteiger charge is 2.17. The predicted octanol–water partition coefficient (Wildman–Crippen LogP) is 0.526. The fraction of sp³-hybridized carbons (Fsp3) is 0.364. The summed E-state index contributed by atoms with van der Waals surface area (Å²) in [6, 6.07) is 6.29. The van der Waals surface area contributed by atoms with Crippen molar-refractivity contribution in [2.45, 2.75) is 24.8 Å². The maximum absolute atomic E-state index is 11.9. The Bertz CT molecular complexity index is 544. The predicted molar refractivity (Wildman–Crippen MR) is 62.8 cm³/mol. The third kappa shape index (κ3) is 3.53. The molecule has 0 aliphatic heterocycles. The van der Waals surface area contributed by atoms with Crippen molar-refractivity contribution in [1.29, 1.82) is 5.26 Å². The van der Waals surface area contributed by atoms with Crippen LogP contribution in [0.25, 0.3) is 0 Å². The lowest BCUT2D eigenvalue weighted by molar-refractivity contribution is 0.198. The molecule has 0 aliphatic rings. The van der Waals surface area contributed by atoms with Crippen molar-refractivity contribution < 1.29 is 13.5 Å². The van der Waals surface area contributed by atoms with Crippen molar-refractivity contribution in [2.75, 3.05) is 6.54 Å². The quantitative estimate of drug-likeness (QED) is 0.820. The fourth-order valence-corrected chi connectivity index (χ4v) is 2.67. The molecule has 0 bridgehead atoms. The zero-order chi connectivity index (χ0) is 13.1. The first kappa shape index (κ1) is 13.6. The van der Waals surface area contributed by atoms with Crippen LogP contribution in [0.4, 0.5) is 0 Å². The van der Waals surface area contributed by atoms with Crippen LogP contribution in [-0.2, 0) is 10.0 Å². The standard InChI is InChI=1S/C11H14N2O3S/c1-8-5-10(6-12)3-4-11(8)17(15,16)13-7-9(2)14/h3-5,9,13-14H,7H2,1-2H3/t9-/m0/s1. The number of nitrogens with zero attached hydrogens (tertiary/aromatic N) is 1. The van der Waals surface area contributed by atoms with Crippen LogP contribution in [0.2, 0.25) is 0 Å². The highest BCUT2D eigenvalue weighted by atomic mass is 32.2. The molecule has 0 heterocycles.